The maximum absolute atomic E-state index is 12.6. The van der Waals surface area contributed by atoms with Gasteiger partial charge in [0.1, 0.15) is 11.5 Å². The number of fused-ring (bicyclic) bond motifs is 1. The van der Waals surface area contributed by atoms with Gasteiger partial charge in [0.25, 0.3) is 0 Å². The molecule has 6 nitrogen and oxygen atoms in total. The van der Waals surface area contributed by atoms with Crippen molar-refractivity contribution in [3.63, 3.8) is 0 Å². The smallest absolute Gasteiger partial charge is 0.414 e. The van der Waals surface area contributed by atoms with Crippen molar-refractivity contribution in [1.29, 1.82) is 0 Å². The molecule has 0 bridgehead atoms. The van der Waals surface area contributed by atoms with Crippen LogP contribution < -0.4 is 10.0 Å². The molecule has 2 N–H and O–H groups in total. The van der Waals surface area contributed by atoms with Crippen LogP contribution in [-0.4, -0.2) is 21.1 Å². The first-order valence-electron chi connectivity index (χ1n) is 7.99. The molecule has 1 atom stereocenters. The summed E-state index contributed by atoms with van der Waals surface area (Å²) >= 11 is 0. The molecule has 0 aromatic heterocycles. The highest BCUT2D eigenvalue weighted by molar-refractivity contribution is 7.89. The topological polar surface area (TPSA) is 89.7 Å². The van der Waals surface area contributed by atoms with E-state index in [1.165, 1.54) is 11.0 Å². The molecule has 2 aromatic carbocycles. The van der Waals surface area contributed by atoms with E-state index in [1.54, 1.807) is 6.07 Å². The van der Waals surface area contributed by atoms with Crippen molar-refractivity contribution in [1.82, 2.24) is 0 Å². The number of primary sulfonamides is 1. The molecule has 0 aliphatic carbocycles. The van der Waals surface area contributed by atoms with Gasteiger partial charge in [-0.3, -0.25) is 4.90 Å². The quantitative estimate of drug-likeness (QED) is 0.911. The van der Waals surface area contributed by atoms with Gasteiger partial charge >= 0.3 is 6.09 Å². The monoisotopic (exact) mass is 360 g/mol. The summed E-state index contributed by atoms with van der Waals surface area (Å²) in [6, 6.07) is 14.2. The summed E-state index contributed by atoms with van der Waals surface area (Å²) < 4.78 is 29.3. The van der Waals surface area contributed by atoms with Crippen LogP contribution in [0.4, 0.5) is 10.5 Å². The summed E-state index contributed by atoms with van der Waals surface area (Å²) in [5.74, 6) is 0.188. The van der Waals surface area contributed by atoms with Gasteiger partial charge in [-0.1, -0.05) is 49.4 Å². The zero-order valence-corrected chi connectivity index (χ0v) is 14.7. The lowest BCUT2D eigenvalue weighted by Crippen LogP contribution is -2.40. The fourth-order valence-electron chi connectivity index (χ4n) is 3.07. The number of nitrogens with zero attached hydrogens (tertiary/aromatic N) is 1. The van der Waals surface area contributed by atoms with Gasteiger partial charge in [0.15, 0.2) is 0 Å². The molecule has 132 valence electrons. The lowest BCUT2D eigenvalue weighted by Gasteiger charge is -2.33. The van der Waals surface area contributed by atoms with Gasteiger partial charge in [0, 0.05) is 6.54 Å². The summed E-state index contributed by atoms with van der Waals surface area (Å²) in [5, 5.41) is 5.34. The Balaban J connectivity index is 1.91. The van der Waals surface area contributed by atoms with Gasteiger partial charge < -0.3 is 4.74 Å². The minimum atomic E-state index is -3.94. The number of carbonyl (C=O) groups is 1. The number of carbonyl (C=O) groups excluding carboxylic acids is 1. The van der Waals surface area contributed by atoms with E-state index in [0.717, 1.165) is 11.1 Å². The van der Waals surface area contributed by atoms with Crippen LogP contribution in [0.3, 0.4) is 0 Å². The average Bonchev–Trinajstić information content (AvgIpc) is 2.58. The third-order valence-electron chi connectivity index (χ3n) is 4.15. The molecule has 0 radical (unpaired) electrons. The third-order valence-corrected chi connectivity index (χ3v) is 5.09. The first-order valence-corrected chi connectivity index (χ1v) is 9.54. The van der Waals surface area contributed by atoms with Gasteiger partial charge in [-0.2, -0.15) is 0 Å². The maximum Gasteiger partial charge on any atom is 0.414 e. The Morgan fingerprint density at radius 3 is 2.60 bits per heavy atom. The van der Waals surface area contributed by atoms with E-state index in [1.807, 2.05) is 43.3 Å². The predicted molar refractivity (Wildman–Crippen MR) is 94.7 cm³/mol. The van der Waals surface area contributed by atoms with E-state index in [2.05, 4.69) is 0 Å². The van der Waals surface area contributed by atoms with E-state index in [0.29, 0.717) is 18.7 Å². The minimum Gasteiger partial charge on any atom is -0.444 e. The Hall–Kier alpha value is -2.38. The zero-order chi connectivity index (χ0) is 18.0. The predicted octanol–water partition coefficient (Wildman–Crippen LogP) is 2.67. The fourth-order valence-corrected chi connectivity index (χ4v) is 3.85. The number of rotatable bonds is 3. The van der Waals surface area contributed by atoms with Crippen molar-refractivity contribution < 1.29 is 17.9 Å². The van der Waals surface area contributed by atoms with Crippen LogP contribution in [0.5, 0.6) is 0 Å². The summed E-state index contributed by atoms with van der Waals surface area (Å²) in [6.07, 6.45) is 0.106. The Morgan fingerprint density at radius 1 is 1.20 bits per heavy atom. The number of amides is 1. The van der Waals surface area contributed by atoms with E-state index in [9.17, 15) is 13.2 Å². The molecule has 1 aliphatic heterocycles. The molecule has 0 spiro atoms. The fraction of sp³-hybridized carbons (Fsp3) is 0.278. The molecule has 7 heteroatoms. The molecule has 1 amide bonds. The standard InChI is InChI=1S/C18H20N2O4S/c1-13-10-15-8-5-9-16(25(19,22)23)17(15)20(11-13)18(21)24-12-14-6-3-2-4-7-14/h2-9,13H,10-12H2,1H3,(H2,19,22,23). The van der Waals surface area contributed by atoms with Crippen LogP contribution >= 0.6 is 0 Å². The first kappa shape index (κ1) is 17.4. The van der Waals surface area contributed by atoms with Gasteiger partial charge in [0.05, 0.1) is 5.69 Å². The van der Waals surface area contributed by atoms with Crippen LogP contribution in [0.15, 0.2) is 53.4 Å². The Labute approximate surface area is 147 Å². The normalized spacial score (nSPS) is 17.0. The van der Waals surface area contributed by atoms with Gasteiger partial charge in [-0.25, -0.2) is 18.4 Å². The molecular weight excluding hydrogens is 340 g/mol. The number of sulfonamides is 1. The second kappa shape index (κ2) is 6.85. The number of nitrogens with two attached hydrogens (primary N) is 1. The highest BCUT2D eigenvalue weighted by atomic mass is 32.2. The number of para-hydroxylation sites is 1. The summed E-state index contributed by atoms with van der Waals surface area (Å²) in [7, 11) is -3.94. The largest absolute Gasteiger partial charge is 0.444 e. The van der Waals surface area contributed by atoms with E-state index < -0.39 is 16.1 Å². The van der Waals surface area contributed by atoms with Crippen LogP contribution in [0.2, 0.25) is 0 Å². The molecule has 1 heterocycles. The van der Waals surface area contributed by atoms with Crippen LogP contribution in [0.25, 0.3) is 0 Å². The molecule has 3 rings (SSSR count). The number of anilines is 1. The maximum atomic E-state index is 12.6. The SMILES string of the molecule is CC1Cc2cccc(S(N)(=O)=O)c2N(C(=O)OCc2ccccc2)C1. The molecule has 1 aliphatic rings. The molecular formula is C18H20N2O4S. The van der Waals surface area contributed by atoms with Crippen molar-refractivity contribution in [2.75, 3.05) is 11.4 Å². The van der Waals surface area contributed by atoms with E-state index >= 15 is 0 Å². The molecule has 0 fully saturated rings. The summed E-state index contributed by atoms with van der Waals surface area (Å²) in [4.78, 5) is 14.0. The third kappa shape index (κ3) is 3.83. The van der Waals surface area contributed by atoms with Gasteiger partial charge in [-0.05, 0) is 29.5 Å². The second-order valence-electron chi connectivity index (χ2n) is 6.27. The molecule has 2 aromatic rings. The second-order valence-corrected chi connectivity index (χ2v) is 7.80. The van der Waals surface area contributed by atoms with Crippen molar-refractivity contribution in [3.05, 3.63) is 59.7 Å². The van der Waals surface area contributed by atoms with Gasteiger partial charge in [0.2, 0.25) is 10.0 Å². The van der Waals surface area contributed by atoms with Gasteiger partial charge in [-0.15, -0.1) is 0 Å². The van der Waals surface area contributed by atoms with Crippen LogP contribution in [0.1, 0.15) is 18.1 Å². The number of hydrogen-bond donors (Lipinski definition) is 1. The number of benzene rings is 2. The first-order chi connectivity index (χ1) is 11.9. The summed E-state index contributed by atoms with van der Waals surface area (Å²) in [5.41, 5.74) is 1.98. The molecule has 0 saturated heterocycles. The Morgan fingerprint density at radius 2 is 1.92 bits per heavy atom. The van der Waals surface area contributed by atoms with Crippen molar-refractivity contribution >= 4 is 21.8 Å². The highest BCUT2D eigenvalue weighted by Gasteiger charge is 2.32. The lowest BCUT2D eigenvalue weighted by molar-refractivity contribution is 0.145. The van der Waals surface area contributed by atoms with Crippen LogP contribution in [0, 0.1) is 5.92 Å². The highest BCUT2D eigenvalue weighted by Crippen LogP contribution is 2.35. The zero-order valence-electron chi connectivity index (χ0n) is 13.9. The number of ether oxygens (including phenoxy) is 1. The average molecular weight is 360 g/mol. The van der Waals surface area contributed by atoms with Crippen molar-refractivity contribution in [2.45, 2.75) is 24.8 Å². The van der Waals surface area contributed by atoms with Crippen molar-refractivity contribution in [2.24, 2.45) is 11.1 Å². The molecule has 0 saturated carbocycles. The molecule has 1 unspecified atom stereocenters. The van der Waals surface area contributed by atoms with Crippen LogP contribution in [-0.2, 0) is 27.8 Å². The van der Waals surface area contributed by atoms with E-state index in [-0.39, 0.29) is 17.4 Å². The number of hydrogen-bond acceptors (Lipinski definition) is 4. The molecule has 25 heavy (non-hydrogen) atoms. The van der Waals surface area contributed by atoms with Crippen molar-refractivity contribution in [3.8, 4) is 0 Å². The summed E-state index contributed by atoms with van der Waals surface area (Å²) in [6.45, 7) is 2.51. The minimum absolute atomic E-state index is 0.0476. The lowest BCUT2D eigenvalue weighted by atomic mass is 9.94. The Kier molecular flexibility index (Phi) is 4.78. The Bertz CT molecular complexity index is 881. The van der Waals surface area contributed by atoms with E-state index in [4.69, 9.17) is 9.88 Å².